The Hall–Kier alpha value is -3.95. The molecular weight excluding hydrogens is 431 g/mol. The Morgan fingerprint density at radius 2 is 2.09 bits per heavy atom. The van der Waals surface area contributed by atoms with E-state index in [0.717, 1.165) is 4.57 Å². The van der Waals surface area contributed by atoms with Crippen LogP contribution < -0.4 is 20.9 Å². The van der Waals surface area contributed by atoms with Gasteiger partial charge < -0.3 is 20.5 Å². The maximum atomic E-state index is 13.4. The normalized spacial score (nSPS) is 18.6. The molecule has 0 radical (unpaired) electrons. The number of aromatic hydroxyl groups is 1. The molecule has 33 heavy (non-hydrogen) atoms. The zero-order valence-electron chi connectivity index (χ0n) is 20.9. The van der Waals surface area contributed by atoms with Crippen LogP contribution in [-0.2, 0) is 17.8 Å². The second kappa shape index (κ2) is 8.19. The monoisotopic (exact) mass is 457 g/mol. The average Bonchev–Trinajstić information content (AvgIpc) is 2.82. The summed E-state index contributed by atoms with van der Waals surface area (Å²) in [6, 6.07) is 5.66. The molecule has 0 saturated carbocycles. The number of hydrogen-bond acceptors (Lipinski definition) is 6. The van der Waals surface area contributed by atoms with Crippen molar-refractivity contribution >= 4 is 22.8 Å². The second-order valence-corrected chi connectivity index (χ2v) is 7.82. The summed E-state index contributed by atoms with van der Waals surface area (Å²) in [4.78, 5) is 43.1. The Bertz CT molecular complexity index is 1440. The fourth-order valence-corrected chi connectivity index (χ4v) is 3.89. The lowest BCUT2D eigenvalue weighted by atomic mass is 9.98. The van der Waals surface area contributed by atoms with E-state index in [1.807, 2.05) is 0 Å². The van der Waals surface area contributed by atoms with Gasteiger partial charge in [-0.1, -0.05) is 12.1 Å². The number of likely N-dealkylation sites (N-methyl/N-ethyl adjacent to an activating group) is 1. The van der Waals surface area contributed by atoms with Gasteiger partial charge in [-0.15, -0.1) is 0 Å². The van der Waals surface area contributed by atoms with E-state index < -0.39 is 53.5 Å². The molecule has 1 aromatic carbocycles. The number of nitrogens with zero attached hydrogens (tertiary/aromatic N) is 2. The first-order valence-corrected chi connectivity index (χ1v) is 10.1. The van der Waals surface area contributed by atoms with Gasteiger partial charge in [-0.05, 0) is 31.5 Å². The van der Waals surface area contributed by atoms with Crippen LogP contribution in [0.2, 0.25) is 0 Å². The minimum Gasteiger partial charge on any atom is -0.505 e. The molecule has 3 aromatic rings. The Morgan fingerprint density at radius 3 is 2.76 bits per heavy atom. The summed E-state index contributed by atoms with van der Waals surface area (Å²) >= 11 is 0. The van der Waals surface area contributed by atoms with Crippen LogP contribution in [0.3, 0.4) is 0 Å². The number of rotatable bonds is 5. The van der Waals surface area contributed by atoms with Crippen molar-refractivity contribution in [1.82, 2.24) is 20.2 Å². The van der Waals surface area contributed by atoms with E-state index in [0.29, 0.717) is 11.1 Å². The fourth-order valence-electron chi connectivity index (χ4n) is 3.89. The lowest BCUT2D eigenvalue weighted by Crippen LogP contribution is -2.55. The van der Waals surface area contributed by atoms with Gasteiger partial charge in [0.05, 0.1) is 6.54 Å². The van der Waals surface area contributed by atoms with E-state index in [9.17, 15) is 23.9 Å². The van der Waals surface area contributed by atoms with E-state index in [1.54, 1.807) is 12.1 Å². The average molecular weight is 457 g/mol. The lowest BCUT2D eigenvalue weighted by Gasteiger charge is -2.36. The molecule has 10 heteroatoms. The highest BCUT2D eigenvalue weighted by Gasteiger charge is 2.43. The first-order chi connectivity index (χ1) is 16.8. The molecule has 1 aliphatic rings. The van der Waals surface area contributed by atoms with Crippen LogP contribution in [0.1, 0.15) is 39.4 Å². The molecule has 0 bridgehead atoms. The number of aromatic nitrogens is 2. The van der Waals surface area contributed by atoms with E-state index in [4.69, 9.17) is 8.85 Å². The number of benzene rings is 1. The number of carbonyl (C=O) groups excluding carboxylic acids is 2. The van der Waals surface area contributed by atoms with E-state index in [-0.39, 0.29) is 29.7 Å². The van der Waals surface area contributed by atoms with Crippen LogP contribution in [0.4, 0.5) is 4.39 Å². The molecule has 172 valence electrons. The van der Waals surface area contributed by atoms with Crippen LogP contribution in [0.25, 0.3) is 11.0 Å². The maximum absolute atomic E-state index is 13.4. The third-order valence-electron chi connectivity index (χ3n) is 5.55. The van der Waals surface area contributed by atoms with Crippen LogP contribution in [0, 0.1) is 5.82 Å². The van der Waals surface area contributed by atoms with Gasteiger partial charge in [0.15, 0.2) is 11.5 Å². The van der Waals surface area contributed by atoms with E-state index in [2.05, 4.69) is 15.6 Å². The van der Waals surface area contributed by atoms with Crippen molar-refractivity contribution in [3.63, 3.8) is 0 Å². The molecule has 1 aliphatic heterocycles. The number of ether oxygens (including phenoxy) is 1. The highest BCUT2D eigenvalue weighted by molar-refractivity contribution is 6.02. The van der Waals surface area contributed by atoms with Gasteiger partial charge in [-0.3, -0.25) is 23.9 Å². The quantitative estimate of drug-likeness (QED) is 0.534. The van der Waals surface area contributed by atoms with Crippen LogP contribution in [-0.4, -0.2) is 45.7 Å². The zero-order valence-corrected chi connectivity index (χ0v) is 17.9. The smallest absolute Gasteiger partial charge is 0.268 e. The van der Waals surface area contributed by atoms with Gasteiger partial charge in [-0.25, -0.2) is 4.39 Å². The second-order valence-electron chi connectivity index (χ2n) is 7.82. The minimum absolute atomic E-state index is 0.0537. The molecule has 0 unspecified atom stereocenters. The summed E-state index contributed by atoms with van der Waals surface area (Å²) in [5.41, 5.74) is -2.09. The summed E-state index contributed by atoms with van der Waals surface area (Å²) < 4.78 is 42.7. The van der Waals surface area contributed by atoms with Gasteiger partial charge >= 0.3 is 0 Å². The zero-order chi connectivity index (χ0) is 26.4. The molecular formula is C23H23FN4O5. The van der Waals surface area contributed by atoms with Crippen molar-refractivity contribution in [2.24, 2.45) is 0 Å². The molecule has 0 spiro atoms. The Labute approximate surface area is 192 Å². The van der Waals surface area contributed by atoms with Gasteiger partial charge in [0.25, 0.3) is 17.4 Å². The van der Waals surface area contributed by atoms with Crippen molar-refractivity contribution in [3.05, 3.63) is 63.3 Å². The van der Waals surface area contributed by atoms with Crippen molar-refractivity contribution in [3.8, 4) is 11.5 Å². The predicted molar refractivity (Wildman–Crippen MR) is 118 cm³/mol. The number of nitrogens with one attached hydrogen (secondary N) is 2. The van der Waals surface area contributed by atoms with Crippen molar-refractivity contribution in [2.75, 3.05) is 13.6 Å². The predicted octanol–water partition coefficient (Wildman–Crippen LogP) is 1.48. The van der Waals surface area contributed by atoms with Gasteiger partial charge in [0, 0.05) is 35.9 Å². The van der Waals surface area contributed by atoms with Crippen LogP contribution in [0.15, 0.2) is 35.3 Å². The van der Waals surface area contributed by atoms with Crippen molar-refractivity contribution in [1.29, 1.82) is 0 Å². The first-order valence-electron chi connectivity index (χ1n) is 11.6. The van der Waals surface area contributed by atoms with Gasteiger partial charge in [0.1, 0.15) is 22.4 Å². The minimum atomic E-state index is -2.44. The van der Waals surface area contributed by atoms with E-state index >= 15 is 0 Å². The van der Waals surface area contributed by atoms with Gasteiger partial charge in [0.2, 0.25) is 5.60 Å². The largest absolute Gasteiger partial charge is 0.505 e. The summed E-state index contributed by atoms with van der Waals surface area (Å²) in [5.74, 6) is -2.64. The number of pyridine rings is 2. The number of halogens is 1. The highest BCUT2D eigenvalue weighted by Crippen LogP contribution is 2.40. The highest BCUT2D eigenvalue weighted by atomic mass is 19.1. The van der Waals surface area contributed by atoms with Crippen LogP contribution >= 0.6 is 0 Å². The molecule has 0 saturated heterocycles. The van der Waals surface area contributed by atoms with Crippen LogP contribution in [0.5, 0.6) is 11.5 Å². The lowest BCUT2D eigenvalue weighted by molar-refractivity contribution is -0.137. The SMILES string of the molecule is [2H]C([2H])([2H])CNC(=O)[C@@]1(C)Cn2c(=O)c(C(=O)NC)c(O)c3ncc(Cc4ccc(F)cc4)c(c32)O1. The molecule has 0 fully saturated rings. The van der Waals surface area contributed by atoms with Crippen molar-refractivity contribution in [2.45, 2.75) is 32.3 Å². The number of hydrogen-bond donors (Lipinski definition) is 3. The summed E-state index contributed by atoms with van der Waals surface area (Å²) in [5, 5.41) is 15.4. The summed E-state index contributed by atoms with van der Waals surface area (Å²) in [6.45, 7) is -2.06. The number of carbonyl (C=O) groups is 2. The molecule has 3 heterocycles. The molecule has 4 rings (SSSR count). The summed E-state index contributed by atoms with van der Waals surface area (Å²) in [6.07, 6.45) is 1.55. The molecule has 1 atom stereocenters. The third-order valence-corrected chi connectivity index (χ3v) is 5.55. The molecule has 9 nitrogen and oxygen atoms in total. The maximum Gasteiger partial charge on any atom is 0.268 e. The standard InChI is InChI=1S/C23H23FN4O5/c1-4-26-22(32)23(2)11-28-17-16(18(29)15(21(28)31)20(30)25-3)27-10-13(19(17)33-23)9-12-5-7-14(24)8-6-12/h5-8,10,29H,4,9,11H2,1-3H3,(H,25,30)(H,26,32)/t23-/m1/s1/i1D3. The topological polar surface area (TPSA) is 123 Å². The number of amides is 2. The Morgan fingerprint density at radius 1 is 1.36 bits per heavy atom. The van der Waals surface area contributed by atoms with Gasteiger partial charge in [-0.2, -0.15) is 0 Å². The summed E-state index contributed by atoms with van der Waals surface area (Å²) in [7, 11) is 1.29. The van der Waals surface area contributed by atoms with E-state index in [1.165, 1.54) is 32.3 Å². The molecule has 3 N–H and O–H groups in total. The fraction of sp³-hybridized carbons (Fsp3) is 0.304. The Kier molecular flexibility index (Phi) is 4.62. The first kappa shape index (κ1) is 18.6. The molecule has 2 aromatic heterocycles. The van der Waals surface area contributed by atoms with Crippen molar-refractivity contribution < 1.29 is 27.9 Å². The Balaban J connectivity index is 1.91. The third kappa shape index (κ3) is 3.67. The molecule has 0 aliphatic carbocycles. The molecule has 2 amide bonds.